The molecule has 1 unspecified atom stereocenters. The van der Waals surface area contributed by atoms with Crippen molar-refractivity contribution in [2.45, 2.75) is 58.9 Å². The zero-order valence-electron chi connectivity index (χ0n) is 16.5. The normalized spacial score (nSPS) is 17.4. The number of hydrogen-bond donors (Lipinski definition) is 2. The Labute approximate surface area is 176 Å². The maximum atomic E-state index is 12.3. The zero-order valence-corrected chi connectivity index (χ0v) is 19.6. The first-order chi connectivity index (χ1) is 12.0. The maximum Gasteiger partial charge on any atom is 0.216 e. The number of halogens is 1. The number of hydrogen-bond acceptors (Lipinski definition) is 4. The topological polar surface area (TPSA) is 83.0 Å². The number of guanidine groups is 1. The van der Waals surface area contributed by atoms with E-state index in [1.54, 1.807) is 0 Å². The van der Waals surface area contributed by atoms with Crippen LogP contribution >= 0.6 is 24.0 Å². The molecule has 7 nitrogen and oxygen atoms in total. The third-order valence-corrected chi connectivity index (χ3v) is 6.05. The summed E-state index contributed by atoms with van der Waals surface area (Å²) in [6, 6.07) is 0.325. The summed E-state index contributed by atoms with van der Waals surface area (Å²) < 4.78 is 31.3. The van der Waals surface area contributed by atoms with Gasteiger partial charge in [0.1, 0.15) is 0 Å². The second-order valence-electron chi connectivity index (χ2n) is 6.48. The summed E-state index contributed by atoms with van der Waals surface area (Å²) in [6.07, 6.45) is 6.07. The Balaban J connectivity index is 0.00000625. The molecule has 1 fully saturated rings. The van der Waals surface area contributed by atoms with Crippen LogP contribution in [-0.4, -0.2) is 69.9 Å². The van der Waals surface area contributed by atoms with E-state index in [-0.39, 0.29) is 36.3 Å². The summed E-state index contributed by atoms with van der Waals surface area (Å²) in [5.74, 6) is 0.733. The predicted molar refractivity (Wildman–Crippen MR) is 119 cm³/mol. The van der Waals surface area contributed by atoms with E-state index in [4.69, 9.17) is 4.74 Å². The second-order valence-corrected chi connectivity index (χ2v) is 8.57. The van der Waals surface area contributed by atoms with E-state index < -0.39 is 10.0 Å². The van der Waals surface area contributed by atoms with Gasteiger partial charge in [0.15, 0.2) is 5.96 Å². The van der Waals surface area contributed by atoms with Gasteiger partial charge in [-0.25, -0.2) is 8.42 Å². The molecule has 1 heterocycles. The van der Waals surface area contributed by atoms with Gasteiger partial charge in [0.05, 0.1) is 25.5 Å². The van der Waals surface area contributed by atoms with Crippen LogP contribution in [0.4, 0.5) is 0 Å². The lowest BCUT2D eigenvalue weighted by atomic mass is 10.1. The van der Waals surface area contributed by atoms with Gasteiger partial charge in [0, 0.05) is 25.7 Å². The molecule has 0 aromatic carbocycles. The molecule has 1 atom stereocenters. The predicted octanol–water partition coefficient (Wildman–Crippen LogP) is 2.18. The van der Waals surface area contributed by atoms with Crippen molar-refractivity contribution in [1.82, 2.24) is 14.9 Å². The lowest BCUT2D eigenvalue weighted by Crippen LogP contribution is -2.44. The van der Waals surface area contributed by atoms with Crippen LogP contribution in [0.3, 0.4) is 0 Å². The number of unbranched alkanes of at least 4 members (excludes halogenated alkanes) is 3. The van der Waals surface area contributed by atoms with E-state index >= 15 is 0 Å². The summed E-state index contributed by atoms with van der Waals surface area (Å²) in [7, 11) is -3.25. The fraction of sp³-hybridized carbons (Fsp3) is 0.941. The lowest BCUT2D eigenvalue weighted by Gasteiger charge is -2.25. The van der Waals surface area contributed by atoms with E-state index in [1.165, 1.54) is 30.0 Å². The van der Waals surface area contributed by atoms with Gasteiger partial charge in [-0.3, -0.25) is 4.99 Å². The molecular weight excluding hydrogens is 467 g/mol. The molecule has 0 aromatic rings. The first-order valence-corrected chi connectivity index (χ1v) is 11.2. The van der Waals surface area contributed by atoms with Crippen LogP contribution in [-0.2, 0) is 14.8 Å². The minimum absolute atomic E-state index is 0. The molecule has 1 rings (SSSR count). The van der Waals surface area contributed by atoms with Crippen LogP contribution in [0.5, 0.6) is 0 Å². The first-order valence-electron chi connectivity index (χ1n) is 9.60. The highest BCUT2D eigenvalue weighted by Gasteiger charge is 2.23. The Kier molecular flexibility index (Phi) is 14.8. The number of rotatable bonds is 11. The summed E-state index contributed by atoms with van der Waals surface area (Å²) in [6.45, 7) is 9.21. The van der Waals surface area contributed by atoms with Gasteiger partial charge >= 0.3 is 0 Å². The molecule has 1 aliphatic rings. The Bertz CT molecular complexity index is 482. The smallest absolute Gasteiger partial charge is 0.216 e. The largest absolute Gasteiger partial charge is 0.379 e. The summed E-state index contributed by atoms with van der Waals surface area (Å²) in [4.78, 5) is 4.44. The number of nitrogens with zero attached hydrogens (tertiary/aromatic N) is 2. The summed E-state index contributed by atoms with van der Waals surface area (Å²) in [5, 5.41) is 6.56. The second kappa shape index (κ2) is 14.9. The van der Waals surface area contributed by atoms with E-state index in [2.05, 4.69) is 29.5 Å². The number of ether oxygens (including phenoxy) is 1. The maximum absolute atomic E-state index is 12.3. The highest BCUT2D eigenvalue weighted by Crippen LogP contribution is 2.06. The summed E-state index contributed by atoms with van der Waals surface area (Å²) in [5.41, 5.74) is 0. The van der Waals surface area contributed by atoms with Crippen molar-refractivity contribution in [3.63, 3.8) is 0 Å². The fourth-order valence-electron chi connectivity index (χ4n) is 2.73. The minimum atomic E-state index is -3.25. The number of aliphatic imine (C=N–C) groups is 1. The molecule has 0 amide bonds. The van der Waals surface area contributed by atoms with Gasteiger partial charge in [0.25, 0.3) is 0 Å². The van der Waals surface area contributed by atoms with Crippen molar-refractivity contribution >= 4 is 40.0 Å². The molecule has 26 heavy (non-hydrogen) atoms. The van der Waals surface area contributed by atoms with E-state index in [0.717, 1.165) is 13.0 Å². The highest BCUT2D eigenvalue weighted by atomic mass is 127. The van der Waals surface area contributed by atoms with E-state index in [1.807, 2.05) is 6.92 Å². The Morgan fingerprint density at radius 2 is 1.88 bits per heavy atom. The van der Waals surface area contributed by atoms with Gasteiger partial charge in [-0.1, -0.05) is 32.6 Å². The third-order valence-electron chi connectivity index (χ3n) is 4.20. The Morgan fingerprint density at radius 3 is 2.50 bits per heavy atom. The average molecular weight is 504 g/mol. The molecule has 0 radical (unpaired) electrons. The quantitative estimate of drug-likeness (QED) is 0.195. The zero-order chi connectivity index (χ0) is 18.5. The standard InChI is InChI=1S/C17H36N4O3S.HI/c1-4-6-7-8-9-16(3)20-17(18-5-2)19-10-15-25(22,23)21-11-13-24-14-12-21;/h16H,4-15H2,1-3H3,(H2,18,19,20);1H. The molecule has 0 aromatic heterocycles. The molecule has 9 heteroatoms. The van der Waals surface area contributed by atoms with Crippen LogP contribution < -0.4 is 10.6 Å². The van der Waals surface area contributed by atoms with Crippen LogP contribution in [0.15, 0.2) is 4.99 Å². The van der Waals surface area contributed by atoms with Gasteiger partial charge < -0.3 is 15.4 Å². The van der Waals surface area contributed by atoms with Gasteiger partial charge in [-0.15, -0.1) is 24.0 Å². The molecule has 0 spiro atoms. The molecule has 1 saturated heterocycles. The van der Waals surface area contributed by atoms with Gasteiger partial charge in [-0.05, 0) is 20.3 Å². The molecular formula is C17H37IN4O3S. The SMILES string of the molecule is CCCCCCC(C)NC(=NCCS(=O)(=O)N1CCOCC1)NCC.I. The molecule has 2 N–H and O–H groups in total. The number of morpholine rings is 1. The number of sulfonamides is 1. The lowest BCUT2D eigenvalue weighted by molar-refractivity contribution is 0.0731. The monoisotopic (exact) mass is 504 g/mol. The van der Waals surface area contributed by atoms with Crippen molar-refractivity contribution < 1.29 is 13.2 Å². The first kappa shape index (κ1) is 25.9. The van der Waals surface area contributed by atoms with E-state index in [9.17, 15) is 8.42 Å². The van der Waals surface area contributed by atoms with Crippen molar-refractivity contribution in [2.24, 2.45) is 4.99 Å². The minimum Gasteiger partial charge on any atom is -0.379 e. The Morgan fingerprint density at radius 1 is 1.19 bits per heavy atom. The third kappa shape index (κ3) is 10.9. The van der Waals surface area contributed by atoms with Crippen LogP contribution in [0.2, 0.25) is 0 Å². The fourth-order valence-corrected chi connectivity index (χ4v) is 4.02. The van der Waals surface area contributed by atoms with Crippen molar-refractivity contribution in [1.29, 1.82) is 0 Å². The molecule has 156 valence electrons. The molecule has 0 saturated carbocycles. The van der Waals surface area contributed by atoms with Gasteiger partial charge in [0.2, 0.25) is 10.0 Å². The van der Waals surface area contributed by atoms with Crippen LogP contribution in [0.25, 0.3) is 0 Å². The summed E-state index contributed by atoms with van der Waals surface area (Å²) >= 11 is 0. The Hall–Kier alpha value is -0.130. The van der Waals surface area contributed by atoms with E-state index in [0.29, 0.717) is 38.3 Å². The molecule has 0 aliphatic carbocycles. The van der Waals surface area contributed by atoms with Crippen molar-refractivity contribution in [2.75, 3.05) is 45.1 Å². The molecule has 1 aliphatic heterocycles. The highest BCUT2D eigenvalue weighted by molar-refractivity contribution is 14.0. The van der Waals surface area contributed by atoms with Crippen molar-refractivity contribution in [3.05, 3.63) is 0 Å². The van der Waals surface area contributed by atoms with Crippen molar-refractivity contribution in [3.8, 4) is 0 Å². The average Bonchev–Trinajstić information content (AvgIpc) is 2.59. The molecule has 0 bridgehead atoms. The van der Waals surface area contributed by atoms with Gasteiger partial charge in [-0.2, -0.15) is 4.31 Å². The van der Waals surface area contributed by atoms with Crippen LogP contribution in [0, 0.1) is 0 Å². The van der Waals surface area contributed by atoms with Crippen LogP contribution in [0.1, 0.15) is 52.9 Å². The number of nitrogens with one attached hydrogen (secondary N) is 2.